The van der Waals surface area contributed by atoms with Crippen LogP contribution in [-0.4, -0.2) is 79.9 Å². The van der Waals surface area contributed by atoms with Crippen LogP contribution in [0.25, 0.3) is 0 Å². The van der Waals surface area contributed by atoms with Crippen molar-refractivity contribution in [2.24, 2.45) is 0 Å². The first-order chi connectivity index (χ1) is 14.0. The van der Waals surface area contributed by atoms with Gasteiger partial charge in [0.25, 0.3) is 5.91 Å². The largest absolute Gasteiger partial charge is 0.378 e. The summed E-state index contributed by atoms with van der Waals surface area (Å²) in [4.78, 5) is 34.0. The lowest BCUT2D eigenvalue weighted by Crippen LogP contribution is -2.52. The first-order valence-corrected chi connectivity index (χ1v) is 10.9. The predicted octanol–water partition coefficient (Wildman–Crippen LogP) is 2.62. The van der Waals surface area contributed by atoms with Gasteiger partial charge >= 0.3 is 0 Å². The Labute approximate surface area is 177 Å². The van der Waals surface area contributed by atoms with E-state index in [0.717, 1.165) is 18.0 Å². The molecule has 1 aliphatic heterocycles. The van der Waals surface area contributed by atoms with Crippen molar-refractivity contribution in [3.8, 4) is 0 Å². The van der Waals surface area contributed by atoms with Crippen molar-refractivity contribution in [2.75, 3.05) is 58.3 Å². The van der Waals surface area contributed by atoms with Gasteiger partial charge in [-0.1, -0.05) is 25.1 Å². The molecule has 2 amide bonds. The van der Waals surface area contributed by atoms with Crippen LogP contribution in [0.1, 0.15) is 22.2 Å². The molecule has 0 unspecified atom stereocenters. The van der Waals surface area contributed by atoms with Crippen LogP contribution in [0.3, 0.4) is 0 Å². The van der Waals surface area contributed by atoms with Gasteiger partial charge in [-0.2, -0.15) is 0 Å². The molecule has 3 rings (SSSR count). The quantitative estimate of drug-likeness (QED) is 0.699. The Bertz CT molecular complexity index is 797. The van der Waals surface area contributed by atoms with Crippen LogP contribution in [-0.2, 0) is 11.3 Å². The smallest absolute Gasteiger partial charge is 0.264 e. The van der Waals surface area contributed by atoms with Crippen molar-refractivity contribution in [3.63, 3.8) is 0 Å². The highest BCUT2D eigenvalue weighted by atomic mass is 32.1. The Balaban J connectivity index is 1.49. The van der Waals surface area contributed by atoms with E-state index >= 15 is 0 Å². The minimum Gasteiger partial charge on any atom is -0.378 e. The number of thiophene rings is 1. The lowest BCUT2D eigenvalue weighted by atomic mass is 10.2. The lowest BCUT2D eigenvalue weighted by Gasteiger charge is -2.35. The number of carbonyl (C=O) groups excluding carboxylic acids is 2. The number of piperazine rings is 1. The van der Waals surface area contributed by atoms with E-state index in [1.807, 2.05) is 41.4 Å². The minimum absolute atomic E-state index is 0.0726. The number of rotatable bonds is 7. The average Bonchev–Trinajstić information content (AvgIpc) is 3.28. The van der Waals surface area contributed by atoms with E-state index in [1.54, 1.807) is 0 Å². The van der Waals surface area contributed by atoms with E-state index < -0.39 is 0 Å². The molecule has 0 N–H and O–H groups in total. The summed E-state index contributed by atoms with van der Waals surface area (Å²) in [6, 6.07) is 12.2. The molecule has 156 valence electrons. The molecule has 1 aliphatic rings. The van der Waals surface area contributed by atoms with Gasteiger partial charge in [0.05, 0.1) is 11.4 Å². The van der Waals surface area contributed by atoms with E-state index in [9.17, 15) is 9.59 Å². The summed E-state index contributed by atoms with van der Waals surface area (Å²) in [6.45, 7) is 6.46. The van der Waals surface area contributed by atoms with Crippen molar-refractivity contribution >= 4 is 28.8 Å². The SMILES string of the molecule is CCN(CC(=O)N1CCN(C(=O)c2cccs2)CC1)Cc1ccc(N(C)C)cc1. The molecular formula is C22H30N4O2S. The molecule has 0 atom stereocenters. The molecule has 1 aromatic carbocycles. The Kier molecular flexibility index (Phi) is 7.28. The van der Waals surface area contributed by atoms with Gasteiger partial charge in [-0.3, -0.25) is 14.5 Å². The molecule has 0 spiro atoms. The first kappa shape index (κ1) is 21.3. The van der Waals surface area contributed by atoms with Gasteiger partial charge in [0.2, 0.25) is 5.91 Å². The highest BCUT2D eigenvalue weighted by molar-refractivity contribution is 7.12. The second-order valence-corrected chi connectivity index (χ2v) is 8.46. The lowest BCUT2D eigenvalue weighted by molar-refractivity contribution is -0.134. The standard InChI is InChI=1S/C22H30N4O2S/c1-4-24(16-18-7-9-19(10-8-18)23(2)3)17-21(27)25-11-13-26(14-12-25)22(28)20-6-5-15-29-20/h5-10,15H,4,11-14,16-17H2,1-3H3. The van der Waals surface area contributed by atoms with Gasteiger partial charge in [-0.05, 0) is 35.7 Å². The Hall–Kier alpha value is -2.38. The Morgan fingerprint density at radius 3 is 2.21 bits per heavy atom. The average molecular weight is 415 g/mol. The summed E-state index contributed by atoms with van der Waals surface area (Å²) in [5.74, 6) is 0.212. The maximum atomic E-state index is 12.8. The van der Waals surface area contributed by atoms with Gasteiger partial charge in [0.15, 0.2) is 0 Å². The number of amides is 2. The van der Waals surface area contributed by atoms with Gasteiger partial charge in [0.1, 0.15) is 0 Å². The molecule has 0 radical (unpaired) electrons. The maximum absolute atomic E-state index is 12.8. The Morgan fingerprint density at radius 2 is 1.66 bits per heavy atom. The van der Waals surface area contributed by atoms with Crippen molar-refractivity contribution < 1.29 is 9.59 Å². The normalized spacial score (nSPS) is 14.3. The topological polar surface area (TPSA) is 47.1 Å². The van der Waals surface area contributed by atoms with Crippen LogP contribution in [0.15, 0.2) is 41.8 Å². The van der Waals surface area contributed by atoms with Crippen molar-refractivity contribution in [2.45, 2.75) is 13.5 Å². The predicted molar refractivity (Wildman–Crippen MR) is 119 cm³/mol. The van der Waals surface area contributed by atoms with Crippen molar-refractivity contribution in [3.05, 3.63) is 52.2 Å². The zero-order valence-electron chi connectivity index (χ0n) is 17.5. The molecule has 2 heterocycles. The second-order valence-electron chi connectivity index (χ2n) is 7.51. The Morgan fingerprint density at radius 1 is 1.00 bits per heavy atom. The van der Waals surface area contributed by atoms with E-state index in [-0.39, 0.29) is 11.8 Å². The summed E-state index contributed by atoms with van der Waals surface area (Å²) in [5.41, 5.74) is 2.37. The molecule has 0 aliphatic carbocycles. The number of likely N-dealkylation sites (N-methyl/N-ethyl adjacent to an activating group) is 1. The number of nitrogens with zero attached hydrogens (tertiary/aromatic N) is 4. The third kappa shape index (κ3) is 5.58. The fourth-order valence-electron chi connectivity index (χ4n) is 3.44. The summed E-state index contributed by atoms with van der Waals surface area (Å²) in [7, 11) is 4.06. The highest BCUT2D eigenvalue weighted by Gasteiger charge is 2.26. The van der Waals surface area contributed by atoms with Crippen LogP contribution in [0, 0.1) is 0 Å². The third-order valence-corrected chi connectivity index (χ3v) is 6.17. The summed E-state index contributed by atoms with van der Waals surface area (Å²) in [5, 5.41) is 1.92. The van der Waals surface area contributed by atoms with E-state index in [0.29, 0.717) is 32.7 Å². The molecule has 7 heteroatoms. The molecule has 29 heavy (non-hydrogen) atoms. The van der Waals surface area contributed by atoms with Gasteiger partial charge in [-0.25, -0.2) is 0 Å². The molecular weight excluding hydrogens is 384 g/mol. The van der Waals surface area contributed by atoms with Crippen molar-refractivity contribution in [1.29, 1.82) is 0 Å². The summed E-state index contributed by atoms with van der Waals surface area (Å²) >= 11 is 1.47. The highest BCUT2D eigenvalue weighted by Crippen LogP contribution is 2.15. The van der Waals surface area contributed by atoms with E-state index in [4.69, 9.17) is 0 Å². The molecule has 2 aromatic rings. The maximum Gasteiger partial charge on any atom is 0.264 e. The first-order valence-electron chi connectivity index (χ1n) is 10.1. The molecule has 0 saturated carbocycles. The number of hydrogen-bond acceptors (Lipinski definition) is 5. The van der Waals surface area contributed by atoms with Gasteiger partial charge in [-0.15, -0.1) is 11.3 Å². The second kappa shape index (κ2) is 9.89. The number of hydrogen-bond donors (Lipinski definition) is 0. The number of anilines is 1. The zero-order valence-corrected chi connectivity index (χ0v) is 18.3. The van der Waals surface area contributed by atoms with Crippen molar-refractivity contribution in [1.82, 2.24) is 14.7 Å². The summed E-state index contributed by atoms with van der Waals surface area (Å²) < 4.78 is 0. The van der Waals surface area contributed by atoms with Crippen LogP contribution < -0.4 is 4.90 Å². The van der Waals surface area contributed by atoms with Gasteiger partial charge in [0, 0.05) is 52.5 Å². The molecule has 6 nitrogen and oxygen atoms in total. The molecule has 0 bridgehead atoms. The molecule has 1 aromatic heterocycles. The zero-order chi connectivity index (χ0) is 20.8. The van der Waals surface area contributed by atoms with Crippen LogP contribution in [0.5, 0.6) is 0 Å². The van der Waals surface area contributed by atoms with Crippen LogP contribution >= 0.6 is 11.3 Å². The van der Waals surface area contributed by atoms with Crippen LogP contribution in [0.4, 0.5) is 5.69 Å². The molecule has 1 saturated heterocycles. The van der Waals surface area contributed by atoms with Crippen LogP contribution in [0.2, 0.25) is 0 Å². The monoisotopic (exact) mass is 414 g/mol. The third-order valence-electron chi connectivity index (χ3n) is 5.32. The summed E-state index contributed by atoms with van der Waals surface area (Å²) in [6.07, 6.45) is 0. The number of carbonyl (C=O) groups is 2. The van der Waals surface area contributed by atoms with E-state index in [1.165, 1.54) is 22.6 Å². The number of benzene rings is 1. The fourth-order valence-corrected chi connectivity index (χ4v) is 4.13. The van der Waals surface area contributed by atoms with E-state index in [2.05, 4.69) is 41.0 Å². The minimum atomic E-state index is 0.0726. The van der Waals surface area contributed by atoms with Gasteiger partial charge < -0.3 is 14.7 Å². The fraction of sp³-hybridized carbons (Fsp3) is 0.455. The molecule has 1 fully saturated rings.